The zero-order valence-electron chi connectivity index (χ0n) is 19.0. The Bertz CT molecular complexity index is 493. The Hall–Kier alpha value is -0.560. The zero-order valence-corrected chi connectivity index (χ0v) is 19.0. The highest BCUT2D eigenvalue weighted by molar-refractivity contribution is 4.98. The lowest BCUT2D eigenvalue weighted by molar-refractivity contribution is -0.383. The summed E-state index contributed by atoms with van der Waals surface area (Å²) < 4.78 is 20.3. The zero-order chi connectivity index (χ0) is 25.8. The van der Waals surface area contributed by atoms with E-state index in [1.807, 2.05) is 13.8 Å². The Kier molecular flexibility index (Phi) is 15.9. The van der Waals surface area contributed by atoms with Crippen LogP contribution in [0.25, 0.3) is 0 Å². The molecule has 0 aliphatic carbocycles. The van der Waals surface area contributed by atoms with Gasteiger partial charge in [-0.15, -0.1) is 0 Å². The molecule has 0 amide bonds. The maximum absolute atomic E-state index is 10.00. The number of aliphatic hydroxyl groups excluding tert-OH is 10. The van der Waals surface area contributed by atoms with E-state index < -0.39 is 80.7 Å². The maximum atomic E-state index is 10.00. The van der Waals surface area contributed by atoms with Crippen LogP contribution in [-0.2, 0) is 18.9 Å². The van der Waals surface area contributed by atoms with Gasteiger partial charge in [0.15, 0.2) is 6.29 Å². The molecular formula is C19H40O14. The Balaban J connectivity index is 0.000000859. The molecule has 14 nitrogen and oxygen atoms in total. The van der Waals surface area contributed by atoms with E-state index in [0.29, 0.717) is 0 Å². The molecule has 10 N–H and O–H groups in total. The SMILES string of the molecule is CC(O)CO.CCOCC.OC[C@H]1O[C@@](CO)(O[C@H]2O[C@H](CO)[C@@H](O)[C@H](O)[C@H]2O)[C@@H](O)[C@@H]1O. The minimum atomic E-state index is -2.22. The first-order valence-corrected chi connectivity index (χ1v) is 10.6. The van der Waals surface area contributed by atoms with Crippen molar-refractivity contribution < 1.29 is 70.0 Å². The van der Waals surface area contributed by atoms with Crippen molar-refractivity contribution in [1.82, 2.24) is 0 Å². The van der Waals surface area contributed by atoms with Crippen LogP contribution in [0.1, 0.15) is 20.8 Å². The Labute approximate surface area is 192 Å². The minimum absolute atomic E-state index is 0.139. The molecule has 2 saturated heterocycles. The van der Waals surface area contributed by atoms with E-state index in [9.17, 15) is 30.6 Å². The Morgan fingerprint density at radius 2 is 1.33 bits per heavy atom. The molecule has 14 heteroatoms. The van der Waals surface area contributed by atoms with Crippen molar-refractivity contribution in [2.75, 3.05) is 39.6 Å². The van der Waals surface area contributed by atoms with Gasteiger partial charge in [-0.1, -0.05) is 0 Å². The van der Waals surface area contributed by atoms with Crippen LogP contribution in [-0.4, -0.2) is 152 Å². The molecule has 2 aliphatic rings. The van der Waals surface area contributed by atoms with Crippen molar-refractivity contribution >= 4 is 0 Å². The summed E-state index contributed by atoms with van der Waals surface area (Å²) in [6.07, 6.45) is -13.2. The van der Waals surface area contributed by atoms with Gasteiger partial charge in [0.1, 0.15) is 49.3 Å². The highest BCUT2D eigenvalue weighted by Crippen LogP contribution is 2.35. The molecule has 0 aromatic rings. The average molecular weight is 493 g/mol. The molecule has 10 atom stereocenters. The second kappa shape index (κ2) is 16.2. The topological polar surface area (TPSA) is 239 Å². The average Bonchev–Trinajstić information content (AvgIpc) is 3.05. The van der Waals surface area contributed by atoms with Crippen molar-refractivity contribution in [3.8, 4) is 0 Å². The molecule has 0 aromatic heterocycles. The minimum Gasteiger partial charge on any atom is -0.394 e. The van der Waals surface area contributed by atoms with Gasteiger partial charge < -0.3 is 70.0 Å². The van der Waals surface area contributed by atoms with E-state index in [1.54, 1.807) is 0 Å². The second-order valence-electron chi connectivity index (χ2n) is 7.37. The summed E-state index contributed by atoms with van der Waals surface area (Å²) in [6.45, 7) is 4.73. The fourth-order valence-electron chi connectivity index (χ4n) is 2.84. The van der Waals surface area contributed by atoms with Crippen molar-refractivity contribution in [3.63, 3.8) is 0 Å². The lowest BCUT2D eigenvalue weighted by atomic mass is 9.99. The van der Waals surface area contributed by atoms with Crippen LogP contribution in [0.4, 0.5) is 0 Å². The Morgan fingerprint density at radius 1 is 0.818 bits per heavy atom. The fraction of sp³-hybridized carbons (Fsp3) is 1.00. The van der Waals surface area contributed by atoms with E-state index >= 15 is 0 Å². The summed E-state index contributed by atoms with van der Waals surface area (Å²) in [5, 5.41) is 92.7. The smallest absolute Gasteiger partial charge is 0.224 e. The van der Waals surface area contributed by atoms with Gasteiger partial charge in [-0.25, -0.2) is 0 Å². The highest BCUT2D eigenvalue weighted by atomic mass is 16.8. The predicted octanol–water partition coefficient (Wildman–Crippen LogP) is -4.99. The van der Waals surface area contributed by atoms with Crippen LogP contribution >= 0.6 is 0 Å². The third-order valence-electron chi connectivity index (χ3n) is 4.74. The van der Waals surface area contributed by atoms with Crippen LogP contribution in [0.15, 0.2) is 0 Å². The molecular weight excluding hydrogens is 452 g/mol. The van der Waals surface area contributed by atoms with Crippen LogP contribution in [0.5, 0.6) is 0 Å². The van der Waals surface area contributed by atoms with E-state index in [0.717, 1.165) is 13.2 Å². The van der Waals surface area contributed by atoms with E-state index in [-0.39, 0.29) is 6.61 Å². The molecule has 2 aliphatic heterocycles. The monoisotopic (exact) mass is 492 g/mol. The van der Waals surface area contributed by atoms with Crippen molar-refractivity contribution in [3.05, 3.63) is 0 Å². The number of hydrogen-bond donors (Lipinski definition) is 10. The van der Waals surface area contributed by atoms with Crippen molar-refractivity contribution in [2.24, 2.45) is 0 Å². The molecule has 0 aromatic carbocycles. The van der Waals surface area contributed by atoms with E-state index in [2.05, 4.69) is 0 Å². The van der Waals surface area contributed by atoms with E-state index in [4.69, 9.17) is 39.4 Å². The standard InChI is InChI=1S/C12H22O11.C4H10O.C3H8O2/c13-1-4-6(16)8(18)9(19)11(21-4)23-12(3-15)10(20)7(17)5(2-14)22-12;1-3-5-4-2;1-3(5)2-4/h4-11,13-20H,1-3H2;3-4H2,1-2H3;3-5H,2H2,1H3/t4-,5-,6-,7-,8+,9-,10+,11-,12+;;/m1../s1. The largest absolute Gasteiger partial charge is 0.394 e. The highest BCUT2D eigenvalue weighted by Gasteiger charge is 2.58. The lowest BCUT2D eigenvalue weighted by Crippen LogP contribution is -2.62. The molecule has 33 heavy (non-hydrogen) atoms. The first-order chi connectivity index (χ1) is 15.5. The van der Waals surface area contributed by atoms with E-state index in [1.165, 1.54) is 6.92 Å². The third-order valence-corrected chi connectivity index (χ3v) is 4.74. The molecule has 2 fully saturated rings. The molecule has 0 spiro atoms. The van der Waals surface area contributed by atoms with Gasteiger partial charge in [0.25, 0.3) is 0 Å². The van der Waals surface area contributed by atoms with Gasteiger partial charge in [0.05, 0.1) is 25.9 Å². The predicted molar refractivity (Wildman–Crippen MR) is 110 cm³/mol. The molecule has 0 bridgehead atoms. The maximum Gasteiger partial charge on any atom is 0.224 e. The molecule has 2 rings (SSSR count). The van der Waals surface area contributed by atoms with Gasteiger partial charge in [0.2, 0.25) is 5.79 Å². The number of rotatable bonds is 8. The first kappa shape index (κ1) is 32.4. The van der Waals surface area contributed by atoms with Gasteiger partial charge >= 0.3 is 0 Å². The number of ether oxygens (including phenoxy) is 4. The summed E-state index contributed by atoms with van der Waals surface area (Å²) in [5.41, 5.74) is 0. The van der Waals surface area contributed by atoms with Crippen molar-refractivity contribution in [2.45, 2.75) is 81.7 Å². The second-order valence-corrected chi connectivity index (χ2v) is 7.37. The third kappa shape index (κ3) is 9.19. The first-order valence-electron chi connectivity index (χ1n) is 10.6. The van der Waals surface area contributed by atoms with Gasteiger partial charge in [-0.3, -0.25) is 0 Å². The quantitative estimate of drug-likeness (QED) is 0.153. The van der Waals surface area contributed by atoms with Gasteiger partial charge in [-0.05, 0) is 20.8 Å². The molecule has 1 unspecified atom stereocenters. The normalized spacial score (nSPS) is 39.2. The van der Waals surface area contributed by atoms with Crippen molar-refractivity contribution in [1.29, 1.82) is 0 Å². The molecule has 0 saturated carbocycles. The molecule has 200 valence electrons. The molecule has 0 radical (unpaired) electrons. The summed E-state index contributed by atoms with van der Waals surface area (Å²) >= 11 is 0. The van der Waals surface area contributed by atoms with Crippen LogP contribution in [0.2, 0.25) is 0 Å². The van der Waals surface area contributed by atoms with Crippen LogP contribution < -0.4 is 0 Å². The molecule has 2 heterocycles. The number of hydrogen-bond acceptors (Lipinski definition) is 14. The summed E-state index contributed by atoms with van der Waals surface area (Å²) in [5.74, 6) is -2.22. The fourth-order valence-corrected chi connectivity index (χ4v) is 2.84. The van der Waals surface area contributed by atoms with Gasteiger partial charge in [-0.2, -0.15) is 0 Å². The Morgan fingerprint density at radius 3 is 1.67 bits per heavy atom. The summed E-state index contributed by atoms with van der Waals surface area (Å²) in [4.78, 5) is 0. The van der Waals surface area contributed by atoms with Gasteiger partial charge in [0, 0.05) is 13.2 Å². The summed E-state index contributed by atoms with van der Waals surface area (Å²) in [6, 6.07) is 0. The van der Waals surface area contributed by atoms with Crippen LogP contribution in [0.3, 0.4) is 0 Å². The number of aliphatic hydroxyl groups is 10. The lowest BCUT2D eigenvalue weighted by Gasteiger charge is -2.43. The van der Waals surface area contributed by atoms with Crippen LogP contribution in [0, 0.1) is 0 Å². The summed E-state index contributed by atoms with van der Waals surface area (Å²) in [7, 11) is 0.